The van der Waals surface area contributed by atoms with Gasteiger partial charge in [0, 0.05) is 32.2 Å². The van der Waals surface area contributed by atoms with Crippen LogP contribution in [-0.2, 0) is 11.8 Å². The van der Waals surface area contributed by atoms with Gasteiger partial charge in [0.2, 0.25) is 0 Å². The highest BCUT2D eigenvalue weighted by molar-refractivity contribution is 6.29. The van der Waals surface area contributed by atoms with Crippen molar-refractivity contribution in [2.75, 3.05) is 18.0 Å². The number of hydrogen-bond acceptors (Lipinski definition) is 6. The maximum absolute atomic E-state index is 12.6. The molecule has 4 rings (SSSR count). The van der Waals surface area contributed by atoms with Crippen LogP contribution in [0.5, 0.6) is 0 Å². The van der Waals surface area contributed by atoms with Gasteiger partial charge in [0.1, 0.15) is 22.3 Å². The van der Waals surface area contributed by atoms with Crippen molar-refractivity contribution >= 4 is 34.3 Å². The van der Waals surface area contributed by atoms with E-state index in [0.717, 1.165) is 25.9 Å². The third-order valence-electron chi connectivity index (χ3n) is 5.07. The molecule has 0 spiro atoms. The highest BCUT2D eigenvalue weighted by Gasteiger charge is 2.38. The van der Waals surface area contributed by atoms with Crippen LogP contribution in [0.1, 0.15) is 18.4 Å². The Bertz CT molecular complexity index is 1080. The summed E-state index contributed by atoms with van der Waals surface area (Å²) in [6.45, 7) is 1.56. The number of aromatic nitrogens is 2. The molecule has 2 aliphatic rings. The minimum atomic E-state index is -5.08. The molecule has 160 valence electrons. The fourth-order valence-electron chi connectivity index (χ4n) is 3.76. The van der Waals surface area contributed by atoms with E-state index >= 15 is 0 Å². The van der Waals surface area contributed by atoms with Crippen molar-refractivity contribution in [3.63, 3.8) is 0 Å². The summed E-state index contributed by atoms with van der Waals surface area (Å²) in [6, 6.07) is 6.34. The number of rotatable bonds is 1. The standard InChI is InChI=1S/C16H16ClN5O.C2HF3O2/c1-21-12-4-5-13(17)20-14(12)15(11(6-18)16(21)23)22-7-9-2-3-10(8-22)19-9;3-2(4,5)1(6)7/h4-5,9-10,19H,2-3,7-8H2,1H3;(H,6,7). The highest BCUT2D eigenvalue weighted by atomic mass is 35.5. The highest BCUT2D eigenvalue weighted by Crippen LogP contribution is 2.32. The smallest absolute Gasteiger partial charge is 0.475 e. The van der Waals surface area contributed by atoms with Crippen LogP contribution >= 0.6 is 11.6 Å². The van der Waals surface area contributed by atoms with Crippen LogP contribution in [0.15, 0.2) is 16.9 Å². The van der Waals surface area contributed by atoms with Gasteiger partial charge in [-0.15, -0.1) is 0 Å². The van der Waals surface area contributed by atoms with E-state index in [4.69, 9.17) is 21.5 Å². The van der Waals surface area contributed by atoms with E-state index in [0.29, 0.717) is 34.0 Å². The Hall–Kier alpha value is -2.84. The van der Waals surface area contributed by atoms with Crippen molar-refractivity contribution in [1.82, 2.24) is 14.9 Å². The summed E-state index contributed by atoms with van der Waals surface area (Å²) in [5.74, 6) is -2.76. The summed E-state index contributed by atoms with van der Waals surface area (Å²) >= 11 is 6.07. The fourth-order valence-corrected chi connectivity index (χ4v) is 3.91. The predicted octanol–water partition coefficient (Wildman–Crippen LogP) is 2.03. The molecule has 12 heteroatoms. The zero-order chi connectivity index (χ0) is 22.2. The number of nitriles is 1. The van der Waals surface area contributed by atoms with Gasteiger partial charge in [-0.2, -0.15) is 18.4 Å². The van der Waals surface area contributed by atoms with E-state index in [2.05, 4.69) is 21.3 Å². The molecule has 0 aliphatic carbocycles. The normalized spacial score (nSPS) is 20.5. The van der Waals surface area contributed by atoms with Gasteiger partial charge in [0.15, 0.2) is 0 Å². The van der Waals surface area contributed by atoms with Gasteiger partial charge in [-0.3, -0.25) is 4.79 Å². The van der Waals surface area contributed by atoms with E-state index in [1.165, 1.54) is 4.57 Å². The molecule has 4 heterocycles. The number of piperazine rings is 1. The van der Waals surface area contributed by atoms with Gasteiger partial charge < -0.3 is 19.9 Å². The summed E-state index contributed by atoms with van der Waals surface area (Å²) in [4.78, 5) is 28.0. The number of pyridine rings is 2. The van der Waals surface area contributed by atoms with Crippen LogP contribution in [0.25, 0.3) is 11.0 Å². The quantitative estimate of drug-likeness (QED) is 0.649. The molecule has 2 unspecified atom stereocenters. The molecule has 30 heavy (non-hydrogen) atoms. The number of anilines is 1. The number of nitrogens with one attached hydrogen (secondary N) is 1. The second-order valence-electron chi connectivity index (χ2n) is 7.05. The first-order chi connectivity index (χ1) is 14.0. The predicted molar refractivity (Wildman–Crippen MR) is 103 cm³/mol. The number of carboxylic acids is 1. The maximum atomic E-state index is 12.6. The van der Waals surface area contributed by atoms with Gasteiger partial charge in [-0.1, -0.05) is 11.6 Å². The van der Waals surface area contributed by atoms with Gasteiger partial charge in [-0.05, 0) is 25.0 Å². The Kier molecular flexibility index (Phi) is 5.92. The zero-order valence-corrected chi connectivity index (χ0v) is 16.5. The van der Waals surface area contributed by atoms with Crippen LogP contribution in [0.4, 0.5) is 18.9 Å². The van der Waals surface area contributed by atoms with Crippen LogP contribution in [0.2, 0.25) is 5.15 Å². The van der Waals surface area contributed by atoms with Crippen LogP contribution in [0.3, 0.4) is 0 Å². The maximum Gasteiger partial charge on any atom is 0.490 e. The molecule has 8 nitrogen and oxygen atoms in total. The number of nitrogens with zero attached hydrogens (tertiary/aromatic N) is 4. The first kappa shape index (κ1) is 21.9. The first-order valence-electron chi connectivity index (χ1n) is 8.93. The number of carbonyl (C=O) groups is 1. The molecule has 0 amide bonds. The number of aryl methyl sites for hydroxylation is 1. The molecule has 2 aliphatic heterocycles. The lowest BCUT2D eigenvalue weighted by molar-refractivity contribution is -0.192. The Balaban J connectivity index is 0.000000318. The molecular weight excluding hydrogens is 427 g/mol. The molecule has 0 saturated carbocycles. The molecule has 2 aromatic rings. The Labute approximate surface area is 173 Å². The van der Waals surface area contributed by atoms with E-state index in [1.54, 1.807) is 19.2 Å². The number of carboxylic acid groups (broad SMARTS) is 1. The minimum absolute atomic E-state index is 0.149. The number of hydrogen-bond donors (Lipinski definition) is 2. The van der Waals surface area contributed by atoms with Crippen molar-refractivity contribution in [2.45, 2.75) is 31.1 Å². The van der Waals surface area contributed by atoms with Gasteiger partial charge in [-0.25, -0.2) is 9.78 Å². The van der Waals surface area contributed by atoms with E-state index in [9.17, 15) is 23.2 Å². The summed E-state index contributed by atoms with van der Waals surface area (Å²) in [6.07, 6.45) is -2.83. The SMILES string of the molecule is Cn1c(=O)c(C#N)c(N2CC3CCC(C2)N3)c2nc(Cl)ccc21.O=C(O)C(F)(F)F. The second kappa shape index (κ2) is 8.12. The average Bonchev–Trinajstić information content (AvgIpc) is 3.01. The second-order valence-corrected chi connectivity index (χ2v) is 7.43. The molecule has 2 saturated heterocycles. The number of alkyl halides is 3. The van der Waals surface area contributed by atoms with Crippen molar-refractivity contribution in [1.29, 1.82) is 5.26 Å². The fraction of sp³-hybridized carbons (Fsp3) is 0.444. The molecule has 2 N–H and O–H groups in total. The molecule has 2 fully saturated rings. The molecule has 0 radical (unpaired) electrons. The summed E-state index contributed by atoms with van der Waals surface area (Å²) in [5, 5.41) is 20.6. The summed E-state index contributed by atoms with van der Waals surface area (Å²) in [5.41, 5.74) is 1.81. The van der Waals surface area contributed by atoms with E-state index in [-0.39, 0.29) is 11.1 Å². The number of aliphatic carboxylic acids is 1. The molecule has 2 atom stereocenters. The van der Waals surface area contributed by atoms with Gasteiger partial charge in [0.05, 0.1) is 11.2 Å². The summed E-state index contributed by atoms with van der Waals surface area (Å²) < 4.78 is 33.2. The van der Waals surface area contributed by atoms with Gasteiger partial charge in [0.25, 0.3) is 5.56 Å². The zero-order valence-electron chi connectivity index (χ0n) is 15.7. The first-order valence-corrected chi connectivity index (χ1v) is 9.31. The van der Waals surface area contributed by atoms with Crippen molar-refractivity contribution in [2.24, 2.45) is 7.05 Å². The lowest BCUT2D eigenvalue weighted by Crippen LogP contribution is -2.51. The largest absolute Gasteiger partial charge is 0.490 e. The molecule has 2 bridgehead atoms. The summed E-state index contributed by atoms with van der Waals surface area (Å²) in [7, 11) is 1.66. The van der Waals surface area contributed by atoms with Gasteiger partial charge >= 0.3 is 12.1 Å². The minimum Gasteiger partial charge on any atom is -0.475 e. The van der Waals surface area contributed by atoms with E-state index < -0.39 is 12.1 Å². The monoisotopic (exact) mass is 443 g/mol. The van der Waals surface area contributed by atoms with Crippen LogP contribution in [-0.4, -0.2) is 52.0 Å². The Morgan fingerprint density at radius 2 is 1.90 bits per heavy atom. The molecule has 0 aromatic carbocycles. The molecule has 2 aromatic heterocycles. The Morgan fingerprint density at radius 3 is 2.40 bits per heavy atom. The van der Waals surface area contributed by atoms with Crippen molar-refractivity contribution in [3.8, 4) is 6.07 Å². The lowest BCUT2D eigenvalue weighted by Gasteiger charge is -2.35. The Morgan fingerprint density at radius 1 is 1.33 bits per heavy atom. The average molecular weight is 444 g/mol. The van der Waals surface area contributed by atoms with Crippen LogP contribution < -0.4 is 15.8 Å². The van der Waals surface area contributed by atoms with E-state index in [1.807, 2.05) is 0 Å². The van der Waals surface area contributed by atoms with Crippen molar-refractivity contribution < 1.29 is 23.1 Å². The number of halogens is 4. The van der Waals surface area contributed by atoms with Crippen molar-refractivity contribution in [3.05, 3.63) is 33.2 Å². The third kappa shape index (κ3) is 4.20. The molecular formula is C18H17ClF3N5O3. The van der Waals surface area contributed by atoms with Crippen LogP contribution in [0, 0.1) is 11.3 Å². The topological polar surface area (TPSA) is 111 Å². The third-order valence-corrected chi connectivity index (χ3v) is 5.28. The number of fused-ring (bicyclic) bond motifs is 3. The lowest BCUT2D eigenvalue weighted by atomic mass is 10.1.